The maximum atomic E-state index is 13.9. The van der Waals surface area contributed by atoms with Gasteiger partial charge in [0, 0.05) is 44.6 Å². The number of nitrogens with one attached hydrogen (secondary N) is 2. The summed E-state index contributed by atoms with van der Waals surface area (Å²) in [5.74, 6) is 1.12. The molecule has 0 radical (unpaired) electrons. The van der Waals surface area contributed by atoms with Gasteiger partial charge in [0.1, 0.15) is 5.75 Å². The Labute approximate surface area is 187 Å². The lowest BCUT2D eigenvalue weighted by Gasteiger charge is -2.15. The van der Waals surface area contributed by atoms with Crippen LogP contribution in [0.25, 0.3) is 0 Å². The van der Waals surface area contributed by atoms with Crippen LogP contribution in [-0.4, -0.2) is 29.3 Å². The third-order valence-electron chi connectivity index (χ3n) is 4.11. The number of aliphatic imine (C=N–C) groups is 1. The Morgan fingerprint density at radius 2 is 1.83 bits per heavy atom. The summed E-state index contributed by atoms with van der Waals surface area (Å²) in [5, 5.41) is 10.7. The minimum absolute atomic E-state index is 0. The molecule has 6 nitrogen and oxygen atoms in total. The van der Waals surface area contributed by atoms with E-state index in [9.17, 15) is 4.39 Å². The molecule has 8 heteroatoms. The summed E-state index contributed by atoms with van der Waals surface area (Å²) in [6.45, 7) is 2.12. The Morgan fingerprint density at radius 3 is 2.55 bits per heavy atom. The minimum atomic E-state index is -0.389. The first-order valence-electron chi connectivity index (χ1n) is 9.18. The molecule has 0 aliphatic carbocycles. The lowest BCUT2D eigenvalue weighted by Crippen LogP contribution is -2.37. The van der Waals surface area contributed by atoms with E-state index in [1.807, 2.05) is 41.2 Å². The van der Waals surface area contributed by atoms with Crippen LogP contribution in [0.15, 0.2) is 72.0 Å². The highest BCUT2D eigenvalue weighted by atomic mass is 127. The fraction of sp³-hybridized carbons (Fsp3) is 0.238. The topological polar surface area (TPSA) is 63.5 Å². The van der Waals surface area contributed by atoms with Crippen LogP contribution in [0.2, 0.25) is 0 Å². The van der Waals surface area contributed by atoms with Gasteiger partial charge in [0.2, 0.25) is 0 Å². The van der Waals surface area contributed by atoms with Crippen molar-refractivity contribution in [1.82, 2.24) is 20.4 Å². The van der Waals surface area contributed by atoms with E-state index in [2.05, 4.69) is 20.7 Å². The summed E-state index contributed by atoms with van der Waals surface area (Å²) >= 11 is 0. The first-order chi connectivity index (χ1) is 13.8. The van der Waals surface area contributed by atoms with Gasteiger partial charge in [-0.05, 0) is 30.7 Å². The zero-order valence-corrected chi connectivity index (χ0v) is 18.5. The summed E-state index contributed by atoms with van der Waals surface area (Å²) in [5.41, 5.74) is 0.908. The van der Waals surface area contributed by atoms with Crippen molar-refractivity contribution in [2.24, 2.45) is 4.99 Å². The van der Waals surface area contributed by atoms with Crippen LogP contribution < -0.4 is 15.4 Å². The second kappa shape index (κ2) is 12.1. The van der Waals surface area contributed by atoms with Gasteiger partial charge in [-0.25, -0.2) is 4.39 Å². The molecule has 3 aromatic rings. The maximum absolute atomic E-state index is 13.9. The van der Waals surface area contributed by atoms with E-state index in [1.165, 1.54) is 6.07 Å². The van der Waals surface area contributed by atoms with Crippen LogP contribution >= 0.6 is 24.0 Å². The van der Waals surface area contributed by atoms with Crippen LogP contribution in [0.3, 0.4) is 0 Å². The molecule has 0 saturated carbocycles. The second-order valence-corrected chi connectivity index (χ2v) is 6.12. The zero-order chi connectivity index (χ0) is 19.6. The molecule has 0 spiro atoms. The van der Waals surface area contributed by atoms with E-state index >= 15 is 0 Å². The molecule has 29 heavy (non-hydrogen) atoms. The number of rotatable bonds is 8. The molecule has 2 aromatic carbocycles. The summed E-state index contributed by atoms with van der Waals surface area (Å²) in [4.78, 5) is 4.24. The van der Waals surface area contributed by atoms with Crippen LogP contribution in [0.1, 0.15) is 12.0 Å². The molecule has 2 N–H and O–H groups in total. The molecule has 1 heterocycles. The normalized spacial score (nSPS) is 10.9. The number of benzene rings is 2. The lowest BCUT2D eigenvalue weighted by molar-refractivity contribution is 0.437. The summed E-state index contributed by atoms with van der Waals surface area (Å²) < 4.78 is 21.5. The van der Waals surface area contributed by atoms with Crippen molar-refractivity contribution >= 4 is 29.9 Å². The fourth-order valence-corrected chi connectivity index (χ4v) is 2.68. The average Bonchev–Trinajstić information content (AvgIpc) is 3.24. The number of ether oxygens (including phenoxy) is 1. The Kier molecular flexibility index (Phi) is 9.42. The molecule has 154 valence electrons. The van der Waals surface area contributed by atoms with Crippen molar-refractivity contribution in [2.45, 2.75) is 19.5 Å². The molecule has 0 bridgehead atoms. The smallest absolute Gasteiger partial charge is 0.191 e. The fourth-order valence-electron chi connectivity index (χ4n) is 2.68. The van der Waals surface area contributed by atoms with Gasteiger partial charge >= 0.3 is 0 Å². The van der Waals surface area contributed by atoms with Gasteiger partial charge < -0.3 is 15.4 Å². The van der Waals surface area contributed by atoms with Crippen LogP contribution in [0.4, 0.5) is 4.39 Å². The highest BCUT2D eigenvalue weighted by Gasteiger charge is 2.08. The van der Waals surface area contributed by atoms with Gasteiger partial charge in [-0.1, -0.05) is 30.3 Å². The van der Waals surface area contributed by atoms with Gasteiger partial charge in [0.05, 0.1) is 0 Å². The second-order valence-electron chi connectivity index (χ2n) is 6.12. The average molecular weight is 509 g/mol. The number of guanidine groups is 1. The number of aromatic nitrogens is 2. The molecule has 0 unspecified atom stereocenters. The van der Waals surface area contributed by atoms with Gasteiger partial charge in [-0.2, -0.15) is 5.10 Å². The Bertz CT molecular complexity index is 902. The van der Waals surface area contributed by atoms with Gasteiger partial charge in [0.25, 0.3) is 0 Å². The molecule has 0 amide bonds. The summed E-state index contributed by atoms with van der Waals surface area (Å²) in [7, 11) is 1.73. The molecule has 0 saturated heterocycles. The van der Waals surface area contributed by atoms with E-state index in [4.69, 9.17) is 4.74 Å². The van der Waals surface area contributed by atoms with Crippen molar-refractivity contribution in [2.75, 3.05) is 13.6 Å². The largest absolute Gasteiger partial charge is 0.454 e. The Hall–Kier alpha value is -2.62. The highest BCUT2D eigenvalue weighted by Crippen LogP contribution is 2.27. The van der Waals surface area contributed by atoms with E-state index in [0.29, 0.717) is 18.3 Å². The molecule has 0 fully saturated rings. The maximum Gasteiger partial charge on any atom is 0.191 e. The van der Waals surface area contributed by atoms with Gasteiger partial charge in [-0.15, -0.1) is 24.0 Å². The number of aryl methyl sites for hydroxylation is 1. The molecule has 1 aromatic heterocycles. The highest BCUT2D eigenvalue weighted by molar-refractivity contribution is 14.0. The van der Waals surface area contributed by atoms with Crippen molar-refractivity contribution in [3.8, 4) is 11.5 Å². The number of halogens is 2. The standard InChI is InChI=1S/C21H24FN5O.HI/c1-23-21(24-12-6-14-27-15-7-13-26-27)25-16-17-8-2-4-10-19(17)28-20-11-5-3-9-18(20)22;/h2-5,7-11,13,15H,6,12,14,16H2,1H3,(H2,23,24,25);1H. The molecule has 0 atom stereocenters. The van der Waals surface area contributed by atoms with Gasteiger partial charge in [0.15, 0.2) is 17.5 Å². The monoisotopic (exact) mass is 509 g/mol. The molecular formula is C21H25FIN5O. The molecule has 0 aliphatic heterocycles. The quantitative estimate of drug-likeness (QED) is 0.207. The van der Waals surface area contributed by atoms with Crippen molar-refractivity contribution < 1.29 is 9.13 Å². The first-order valence-corrected chi connectivity index (χ1v) is 9.18. The summed E-state index contributed by atoms with van der Waals surface area (Å²) in [6.07, 6.45) is 4.64. The SMILES string of the molecule is CN=C(NCCCn1cccn1)NCc1ccccc1Oc1ccccc1F.I. The van der Waals surface area contributed by atoms with Crippen LogP contribution in [0, 0.1) is 5.82 Å². The van der Waals surface area contributed by atoms with E-state index in [1.54, 1.807) is 31.4 Å². The summed E-state index contributed by atoms with van der Waals surface area (Å²) in [6, 6.07) is 15.8. The van der Waals surface area contributed by atoms with Crippen molar-refractivity contribution in [3.63, 3.8) is 0 Å². The van der Waals surface area contributed by atoms with Crippen LogP contribution in [0.5, 0.6) is 11.5 Å². The lowest BCUT2D eigenvalue weighted by atomic mass is 10.2. The van der Waals surface area contributed by atoms with Crippen molar-refractivity contribution in [3.05, 3.63) is 78.4 Å². The van der Waals surface area contributed by atoms with E-state index in [-0.39, 0.29) is 35.5 Å². The molecule has 3 rings (SSSR count). The number of hydrogen-bond acceptors (Lipinski definition) is 3. The third kappa shape index (κ3) is 7.04. The van der Waals surface area contributed by atoms with E-state index in [0.717, 1.165) is 25.1 Å². The minimum Gasteiger partial charge on any atom is -0.454 e. The predicted molar refractivity (Wildman–Crippen MR) is 123 cm³/mol. The first kappa shape index (κ1) is 22.7. The third-order valence-corrected chi connectivity index (χ3v) is 4.11. The van der Waals surface area contributed by atoms with E-state index < -0.39 is 0 Å². The Morgan fingerprint density at radius 1 is 1.07 bits per heavy atom. The number of hydrogen-bond donors (Lipinski definition) is 2. The Balaban J connectivity index is 0.00000300. The van der Waals surface area contributed by atoms with Crippen molar-refractivity contribution in [1.29, 1.82) is 0 Å². The number of nitrogens with zero attached hydrogens (tertiary/aromatic N) is 3. The van der Waals surface area contributed by atoms with Crippen LogP contribution in [-0.2, 0) is 13.1 Å². The molecular weight excluding hydrogens is 484 g/mol. The predicted octanol–water partition coefficient (Wildman–Crippen LogP) is 4.19. The number of para-hydroxylation sites is 2. The molecule has 0 aliphatic rings. The van der Waals surface area contributed by atoms with Gasteiger partial charge in [-0.3, -0.25) is 9.67 Å². The zero-order valence-electron chi connectivity index (χ0n) is 16.2.